The van der Waals surface area contributed by atoms with Crippen molar-refractivity contribution in [2.45, 2.75) is 32.7 Å². The fraction of sp³-hybridized carbons (Fsp3) is 0.833. The fourth-order valence-electron chi connectivity index (χ4n) is 2.24. The van der Waals surface area contributed by atoms with Gasteiger partial charge < -0.3 is 5.32 Å². The van der Waals surface area contributed by atoms with Crippen LogP contribution >= 0.6 is 0 Å². The molecule has 2 fully saturated rings. The lowest BCUT2D eigenvalue weighted by Gasteiger charge is -2.35. The van der Waals surface area contributed by atoms with Crippen LogP contribution < -0.4 is 5.32 Å². The third-order valence-electron chi connectivity index (χ3n) is 3.30. The average molecular weight is 194 g/mol. The lowest BCUT2D eigenvalue weighted by molar-refractivity contribution is 0.160. The van der Waals surface area contributed by atoms with Crippen LogP contribution in [0.5, 0.6) is 0 Å². The zero-order valence-electron chi connectivity index (χ0n) is 9.42. The van der Waals surface area contributed by atoms with Crippen LogP contribution in [0, 0.1) is 5.92 Å². The number of hydrogen-bond acceptors (Lipinski definition) is 2. The van der Waals surface area contributed by atoms with Crippen molar-refractivity contribution in [1.82, 2.24) is 10.2 Å². The third-order valence-corrected chi connectivity index (χ3v) is 3.30. The molecule has 0 bridgehead atoms. The van der Waals surface area contributed by atoms with Gasteiger partial charge in [-0.3, -0.25) is 4.90 Å². The molecule has 0 aromatic rings. The number of nitrogens with zero attached hydrogens (tertiary/aromatic N) is 1. The van der Waals surface area contributed by atoms with Gasteiger partial charge in [-0.1, -0.05) is 11.6 Å². The highest BCUT2D eigenvalue weighted by Gasteiger charge is 2.35. The van der Waals surface area contributed by atoms with Gasteiger partial charge in [-0.05, 0) is 32.6 Å². The molecule has 0 aromatic carbocycles. The summed E-state index contributed by atoms with van der Waals surface area (Å²) in [5.74, 6) is 0.994. The van der Waals surface area contributed by atoms with E-state index in [1.165, 1.54) is 38.0 Å². The van der Waals surface area contributed by atoms with Crippen LogP contribution in [0.4, 0.5) is 0 Å². The van der Waals surface area contributed by atoms with Gasteiger partial charge in [-0.25, -0.2) is 0 Å². The standard InChI is InChI=1S/C12H22N2/c1-10(2)5-7-14-8-6-13-9-12(14)11-3-4-11/h5,11-13H,3-4,6-9H2,1-2H3. The molecular formula is C12H22N2. The zero-order chi connectivity index (χ0) is 9.97. The van der Waals surface area contributed by atoms with E-state index in [9.17, 15) is 0 Å². The predicted octanol–water partition coefficient (Wildman–Crippen LogP) is 1.64. The smallest absolute Gasteiger partial charge is 0.0252 e. The number of rotatable bonds is 3. The molecule has 1 unspecified atom stereocenters. The topological polar surface area (TPSA) is 15.3 Å². The highest BCUT2D eigenvalue weighted by atomic mass is 15.2. The van der Waals surface area contributed by atoms with E-state index in [0.29, 0.717) is 0 Å². The Balaban J connectivity index is 1.89. The van der Waals surface area contributed by atoms with E-state index in [1.807, 2.05) is 0 Å². The van der Waals surface area contributed by atoms with Crippen molar-refractivity contribution in [1.29, 1.82) is 0 Å². The first-order valence-corrected chi connectivity index (χ1v) is 5.85. The van der Waals surface area contributed by atoms with Gasteiger partial charge in [0, 0.05) is 32.2 Å². The van der Waals surface area contributed by atoms with E-state index in [-0.39, 0.29) is 0 Å². The van der Waals surface area contributed by atoms with E-state index in [1.54, 1.807) is 0 Å². The molecule has 1 heterocycles. The Morgan fingerprint density at radius 2 is 2.21 bits per heavy atom. The molecule has 2 aliphatic rings. The Morgan fingerprint density at radius 3 is 2.86 bits per heavy atom. The number of hydrogen-bond donors (Lipinski definition) is 1. The molecule has 1 saturated carbocycles. The van der Waals surface area contributed by atoms with E-state index in [2.05, 4.69) is 30.1 Å². The maximum absolute atomic E-state index is 3.51. The molecule has 1 aliphatic carbocycles. The molecule has 1 N–H and O–H groups in total. The molecule has 1 atom stereocenters. The summed E-state index contributed by atoms with van der Waals surface area (Å²) in [6.45, 7) is 9.14. The lowest BCUT2D eigenvalue weighted by atomic mass is 10.1. The summed E-state index contributed by atoms with van der Waals surface area (Å²) in [5, 5.41) is 3.51. The first-order chi connectivity index (χ1) is 6.77. The largest absolute Gasteiger partial charge is 0.314 e. The van der Waals surface area contributed by atoms with Crippen LogP contribution in [0.3, 0.4) is 0 Å². The molecule has 1 saturated heterocycles. The molecule has 0 spiro atoms. The van der Waals surface area contributed by atoms with Crippen molar-refractivity contribution in [3.8, 4) is 0 Å². The molecule has 2 heteroatoms. The number of nitrogens with one attached hydrogen (secondary N) is 1. The van der Waals surface area contributed by atoms with Crippen molar-refractivity contribution in [3.05, 3.63) is 11.6 Å². The summed E-state index contributed by atoms with van der Waals surface area (Å²) in [7, 11) is 0. The van der Waals surface area contributed by atoms with Crippen molar-refractivity contribution in [3.63, 3.8) is 0 Å². The first kappa shape index (κ1) is 10.2. The molecule has 2 rings (SSSR count). The van der Waals surface area contributed by atoms with Gasteiger partial charge in [0.25, 0.3) is 0 Å². The molecule has 14 heavy (non-hydrogen) atoms. The second-order valence-corrected chi connectivity index (χ2v) is 4.89. The van der Waals surface area contributed by atoms with Gasteiger partial charge in [0.15, 0.2) is 0 Å². The van der Waals surface area contributed by atoms with Gasteiger partial charge >= 0.3 is 0 Å². The maximum atomic E-state index is 3.51. The predicted molar refractivity (Wildman–Crippen MR) is 60.4 cm³/mol. The zero-order valence-corrected chi connectivity index (χ0v) is 9.42. The summed E-state index contributed by atoms with van der Waals surface area (Å²) in [6.07, 6.45) is 5.27. The Bertz CT molecular complexity index is 214. The van der Waals surface area contributed by atoms with Gasteiger partial charge in [0.2, 0.25) is 0 Å². The molecule has 2 nitrogen and oxygen atoms in total. The van der Waals surface area contributed by atoms with E-state index in [4.69, 9.17) is 0 Å². The minimum Gasteiger partial charge on any atom is -0.314 e. The van der Waals surface area contributed by atoms with E-state index in [0.717, 1.165) is 18.5 Å². The Labute approximate surface area is 87.4 Å². The molecule has 1 aliphatic heterocycles. The van der Waals surface area contributed by atoms with Crippen molar-refractivity contribution in [2.24, 2.45) is 5.92 Å². The summed E-state index contributed by atoms with van der Waals surface area (Å²) >= 11 is 0. The SMILES string of the molecule is CC(C)=CCN1CCNCC1C1CC1. The van der Waals surface area contributed by atoms with Crippen LogP contribution in [0.25, 0.3) is 0 Å². The second-order valence-electron chi connectivity index (χ2n) is 4.89. The molecule has 0 radical (unpaired) electrons. The highest BCUT2D eigenvalue weighted by molar-refractivity contribution is 4.99. The van der Waals surface area contributed by atoms with Gasteiger partial charge in [-0.2, -0.15) is 0 Å². The number of piperazine rings is 1. The Kier molecular flexibility index (Phi) is 3.24. The van der Waals surface area contributed by atoms with E-state index < -0.39 is 0 Å². The fourth-order valence-corrected chi connectivity index (χ4v) is 2.24. The number of allylic oxidation sites excluding steroid dienone is 1. The maximum Gasteiger partial charge on any atom is 0.0252 e. The van der Waals surface area contributed by atoms with Gasteiger partial charge in [0.1, 0.15) is 0 Å². The van der Waals surface area contributed by atoms with Gasteiger partial charge in [-0.15, -0.1) is 0 Å². The lowest BCUT2D eigenvalue weighted by Crippen LogP contribution is -2.52. The first-order valence-electron chi connectivity index (χ1n) is 5.85. The molecular weight excluding hydrogens is 172 g/mol. The van der Waals surface area contributed by atoms with Crippen LogP contribution in [-0.2, 0) is 0 Å². The molecule has 0 amide bonds. The van der Waals surface area contributed by atoms with E-state index >= 15 is 0 Å². The second kappa shape index (κ2) is 4.45. The minimum absolute atomic E-state index is 0.819. The summed E-state index contributed by atoms with van der Waals surface area (Å²) in [4.78, 5) is 2.65. The van der Waals surface area contributed by atoms with Crippen LogP contribution in [0.1, 0.15) is 26.7 Å². The van der Waals surface area contributed by atoms with Gasteiger partial charge in [0.05, 0.1) is 0 Å². The van der Waals surface area contributed by atoms with Crippen molar-refractivity contribution in [2.75, 3.05) is 26.2 Å². The summed E-state index contributed by atoms with van der Waals surface area (Å²) in [6, 6.07) is 0.819. The Morgan fingerprint density at radius 1 is 1.43 bits per heavy atom. The average Bonchev–Trinajstić information content (AvgIpc) is 2.98. The quantitative estimate of drug-likeness (QED) is 0.687. The van der Waals surface area contributed by atoms with Crippen LogP contribution in [-0.4, -0.2) is 37.1 Å². The third kappa shape index (κ3) is 2.58. The summed E-state index contributed by atoms with van der Waals surface area (Å²) < 4.78 is 0. The minimum atomic E-state index is 0.819. The van der Waals surface area contributed by atoms with Crippen LogP contribution in [0.15, 0.2) is 11.6 Å². The highest BCUT2D eigenvalue weighted by Crippen LogP contribution is 2.35. The van der Waals surface area contributed by atoms with Crippen LogP contribution in [0.2, 0.25) is 0 Å². The molecule has 80 valence electrons. The summed E-state index contributed by atoms with van der Waals surface area (Å²) in [5.41, 5.74) is 1.44. The Hall–Kier alpha value is -0.340. The normalized spacial score (nSPS) is 28.9. The molecule has 0 aromatic heterocycles. The van der Waals surface area contributed by atoms with Crippen molar-refractivity contribution >= 4 is 0 Å². The van der Waals surface area contributed by atoms with Crippen molar-refractivity contribution < 1.29 is 0 Å². The monoisotopic (exact) mass is 194 g/mol.